The van der Waals surface area contributed by atoms with E-state index in [0.717, 1.165) is 0 Å². The Kier molecular flexibility index (Phi) is 56.2. The third-order valence-electron chi connectivity index (χ3n) is 17.7. The number of aliphatic hydroxyl groups is 10. The Labute approximate surface area is 667 Å². The van der Waals surface area contributed by atoms with Crippen LogP contribution in [-0.2, 0) is 121 Å². The number of carbonyl (C=O) groups excluding carboxylic acids is 2. The van der Waals surface area contributed by atoms with Crippen LogP contribution in [0.1, 0.15) is 144 Å². The molecular formula is C68H130N2O40P4-4. The molecule has 3 fully saturated rings. The summed E-state index contributed by atoms with van der Waals surface area (Å²) in [5.74, 6) is -1.95. The summed E-state index contributed by atoms with van der Waals surface area (Å²) in [7, 11) is -19.7. The van der Waals surface area contributed by atoms with E-state index in [4.69, 9.17) is 93.0 Å². The van der Waals surface area contributed by atoms with Crippen molar-refractivity contribution in [2.24, 2.45) is 17.3 Å². The highest BCUT2D eigenvalue weighted by atomic mass is 31.2. The van der Waals surface area contributed by atoms with Gasteiger partial charge in [0, 0.05) is 85.1 Å². The smallest absolute Gasteiger partial charge is 0.267 e. The first-order valence-electron chi connectivity index (χ1n) is 39.0. The molecular weight excluding hydrogens is 1610 g/mol. The largest absolute Gasteiger partial charge is 0.756 e. The van der Waals surface area contributed by atoms with Crippen LogP contribution >= 0.6 is 31.3 Å². The van der Waals surface area contributed by atoms with E-state index in [-0.39, 0.29) is 136 Å². The number of rotatable bonds is 71. The molecule has 0 radical (unpaired) electrons. The molecule has 0 aromatic rings. The Morgan fingerprint density at radius 1 is 0.377 bits per heavy atom. The van der Waals surface area contributed by atoms with E-state index in [0.29, 0.717) is 83.8 Å². The van der Waals surface area contributed by atoms with Crippen molar-refractivity contribution in [3.8, 4) is 0 Å². The average molecular weight is 1740 g/mol. The van der Waals surface area contributed by atoms with Crippen LogP contribution in [0.25, 0.3) is 0 Å². The summed E-state index contributed by atoms with van der Waals surface area (Å²) in [5, 5.41) is 105. The molecule has 3 aliphatic rings. The van der Waals surface area contributed by atoms with Gasteiger partial charge in [-0.2, -0.15) is 0 Å². The average Bonchev–Trinajstić information content (AvgIpc) is 0.814. The second kappa shape index (κ2) is 60.1. The summed E-state index contributed by atoms with van der Waals surface area (Å²) in [6.07, 6.45) is -8.79. The van der Waals surface area contributed by atoms with Gasteiger partial charge in [-0.05, 0) is 84.5 Å². The van der Waals surface area contributed by atoms with Crippen LogP contribution in [-0.4, -0.2) is 327 Å². The van der Waals surface area contributed by atoms with Crippen LogP contribution in [0.5, 0.6) is 0 Å². The number of carbonyl (C=O) groups is 2. The highest BCUT2D eigenvalue weighted by Crippen LogP contribution is 2.43. The van der Waals surface area contributed by atoms with Gasteiger partial charge in [0.25, 0.3) is 31.3 Å². The summed E-state index contributed by atoms with van der Waals surface area (Å²) in [4.78, 5) is 75.2. The van der Waals surface area contributed by atoms with Crippen LogP contribution in [0.2, 0.25) is 0 Å². The molecule has 3 saturated heterocycles. The zero-order chi connectivity index (χ0) is 84.4. The van der Waals surface area contributed by atoms with Crippen molar-refractivity contribution in [1.82, 2.24) is 10.6 Å². The molecule has 3 rings (SSSR count). The molecule has 3 aliphatic heterocycles. The first kappa shape index (κ1) is 107. The molecule has 3 heterocycles. The molecule has 0 spiro atoms. The van der Waals surface area contributed by atoms with Crippen molar-refractivity contribution in [3.63, 3.8) is 0 Å². The van der Waals surface area contributed by atoms with Gasteiger partial charge >= 0.3 is 0 Å². The predicted molar refractivity (Wildman–Crippen MR) is 390 cm³/mol. The van der Waals surface area contributed by atoms with Gasteiger partial charge in [0.05, 0.1) is 130 Å². The Morgan fingerprint density at radius 3 is 0.991 bits per heavy atom. The number of nitrogens with one attached hydrogen (secondary N) is 2. The zero-order valence-corrected chi connectivity index (χ0v) is 69.8. The predicted octanol–water partition coefficient (Wildman–Crippen LogP) is -1.26. The van der Waals surface area contributed by atoms with E-state index < -0.39 is 213 Å². The summed E-state index contributed by atoms with van der Waals surface area (Å²) < 4.78 is 161. The summed E-state index contributed by atoms with van der Waals surface area (Å²) in [5.41, 5.74) is -1.58. The van der Waals surface area contributed by atoms with E-state index in [2.05, 4.69) is 10.6 Å². The summed E-state index contributed by atoms with van der Waals surface area (Å²) in [6, 6.07) is -2.23. The lowest BCUT2D eigenvalue weighted by Crippen LogP contribution is -2.64. The Balaban J connectivity index is 1.62. The van der Waals surface area contributed by atoms with Gasteiger partial charge < -0.3 is 174 Å². The second-order valence-electron chi connectivity index (χ2n) is 28.2. The van der Waals surface area contributed by atoms with E-state index in [1.165, 1.54) is 13.8 Å². The maximum Gasteiger partial charge on any atom is 0.267 e. The quantitative estimate of drug-likeness (QED) is 0.0250. The first-order valence-corrected chi connectivity index (χ1v) is 44.9. The monoisotopic (exact) mass is 1740 g/mol. The number of hydrogen-bond donors (Lipinski definition) is 12. The molecule has 0 aliphatic carbocycles. The Bertz CT molecular complexity index is 2600. The molecule has 12 N–H and O–H groups in total. The summed E-state index contributed by atoms with van der Waals surface area (Å²) in [6.45, 7) is 2.60. The molecule has 20 atom stereocenters. The van der Waals surface area contributed by atoms with Gasteiger partial charge in [-0.3, -0.25) is 27.8 Å². The highest BCUT2D eigenvalue weighted by molar-refractivity contribution is 7.46. The van der Waals surface area contributed by atoms with Gasteiger partial charge in [0.15, 0.2) is 18.9 Å². The number of phosphoric ester groups is 4. The minimum atomic E-state index is -5.17. The number of aliphatic hydroxyl groups excluding tert-OH is 10. The number of amides is 2. The van der Waals surface area contributed by atoms with Gasteiger partial charge in [-0.1, -0.05) is 45.4 Å². The third kappa shape index (κ3) is 46.1. The number of phosphoric acid groups is 4. The SMILES string of the molecule is CC(=O)NC1[C@H](OCCCCCCOP(=O)([O-])OCCCOCC(COCCCOP(=O)([O-])OCCCCCCO[C@@H]2OC(CO)[C@H](O)[C@H](O)C2C)(COCCCOP(=O)([O-])OCCCCCCO[C@@H]2OC(CO)[C@H](O)[C@H](O)C2NC(C)=O)COP(=O)([O-])OCCCOCC(CO)COCCCOC(C)C)OC(CO)[C@H](O)[C@@H]1O. The van der Waals surface area contributed by atoms with Crippen LogP contribution < -0.4 is 30.2 Å². The maximum atomic E-state index is 13.4. The van der Waals surface area contributed by atoms with Crippen molar-refractivity contribution in [1.29, 1.82) is 0 Å². The molecule has 0 aromatic carbocycles. The van der Waals surface area contributed by atoms with Gasteiger partial charge in [0.2, 0.25) is 11.8 Å². The van der Waals surface area contributed by atoms with Crippen molar-refractivity contribution in [2.45, 2.75) is 236 Å². The Hall–Kier alpha value is -1.50. The molecule has 676 valence electrons. The lowest BCUT2D eigenvalue weighted by atomic mass is 9.92. The topological polar surface area (TPSA) is 606 Å². The standard InChI is InChI=1S/C68H134N2O40P4/c1-49(2)96-31-18-23-91-43-53(39-71)44-92-24-19-35-106-114(89,90)107-48-68(45-93-25-20-36-103-111(83,84)100-32-15-9-6-12-28-97-65-50(3)59(77)60(78)54(40-72)108-65,46-94-26-21-37-104-112(85,86)101-33-16-10-7-13-29-98-66-57(69-51(4)75)63(81)61(79)55(41-73)109-66)47-95-27-22-38-105-113(87,88)102-34-17-11-8-14-30-99-67-58(70-52(5)76)64(82)62(80)56(42-74)110-67/h49-50,53-67,71-74,77-82H,6-48H2,1-5H3,(H,69,75)(H,70,76)(H,83,84)(H,85,86)(H,87,88)(H,89,90)/p-4/t50?,53?,54?,55?,56?,57?,58?,59-,60+,61+,62+,63-,64-,65-,66-,67-,68?/m1/s1. The molecule has 11 unspecified atom stereocenters. The molecule has 114 heavy (non-hydrogen) atoms. The van der Waals surface area contributed by atoms with Gasteiger partial charge in [-0.25, -0.2) is 0 Å². The first-order chi connectivity index (χ1) is 54.2. The van der Waals surface area contributed by atoms with Crippen molar-refractivity contribution in [3.05, 3.63) is 0 Å². The molecule has 46 heteroatoms. The van der Waals surface area contributed by atoms with E-state index >= 15 is 0 Å². The number of ether oxygens (including phenoxy) is 12. The number of unbranched alkanes of at least 4 members (excludes halogenated alkanes) is 9. The molecule has 0 saturated carbocycles. The second-order valence-corrected chi connectivity index (χ2v) is 33.9. The van der Waals surface area contributed by atoms with Crippen LogP contribution in [0.3, 0.4) is 0 Å². The van der Waals surface area contributed by atoms with Crippen molar-refractivity contribution in [2.75, 3.05) is 172 Å². The van der Waals surface area contributed by atoms with Crippen molar-refractivity contribution >= 4 is 43.1 Å². The normalized spacial score (nSPS) is 27.1. The van der Waals surface area contributed by atoms with Crippen LogP contribution in [0.15, 0.2) is 0 Å². The molecule has 0 aromatic heterocycles. The number of hydrogen-bond acceptors (Lipinski definition) is 40. The van der Waals surface area contributed by atoms with Crippen LogP contribution in [0.4, 0.5) is 0 Å². The summed E-state index contributed by atoms with van der Waals surface area (Å²) >= 11 is 0. The zero-order valence-electron chi connectivity index (χ0n) is 66.2. The van der Waals surface area contributed by atoms with E-state index in [1.54, 1.807) is 6.92 Å². The lowest BCUT2D eigenvalue weighted by Gasteiger charge is -2.42. The molecule has 0 bridgehead atoms. The lowest BCUT2D eigenvalue weighted by molar-refractivity contribution is -0.282. The minimum absolute atomic E-state index is 0.0266. The third-order valence-corrected chi connectivity index (χ3v) is 21.7. The van der Waals surface area contributed by atoms with E-state index in [9.17, 15) is 98.5 Å². The fourth-order valence-electron chi connectivity index (χ4n) is 11.4. The fourth-order valence-corrected chi connectivity index (χ4v) is 14.6. The fraction of sp³-hybridized carbons (Fsp3) is 0.971. The minimum Gasteiger partial charge on any atom is -0.756 e. The maximum absolute atomic E-state index is 13.4. The van der Waals surface area contributed by atoms with E-state index in [1.807, 2.05) is 13.8 Å². The van der Waals surface area contributed by atoms with Gasteiger partial charge in [0.1, 0.15) is 60.9 Å². The highest BCUT2D eigenvalue weighted by Gasteiger charge is 2.47. The van der Waals surface area contributed by atoms with Gasteiger partial charge in [-0.15, -0.1) is 0 Å². The van der Waals surface area contributed by atoms with Crippen molar-refractivity contribution < 1.29 is 192 Å². The van der Waals surface area contributed by atoms with Crippen LogP contribution in [0, 0.1) is 17.3 Å². The Morgan fingerprint density at radius 2 is 0.667 bits per heavy atom. The molecule has 2 amide bonds. The molecule has 42 nitrogen and oxygen atoms in total.